The van der Waals surface area contributed by atoms with Gasteiger partial charge in [-0.15, -0.1) is 11.3 Å². The molecule has 1 aliphatic heterocycles. The SMILES string of the molecule is COc1cccc(-c2nc(CN3CCNC(=O)CC3(C)C)cs2)c1. The van der Waals surface area contributed by atoms with Crippen molar-refractivity contribution in [1.29, 1.82) is 0 Å². The lowest BCUT2D eigenvalue weighted by molar-refractivity contribution is -0.122. The van der Waals surface area contributed by atoms with Crippen LogP contribution in [0.4, 0.5) is 0 Å². The van der Waals surface area contributed by atoms with Crippen molar-refractivity contribution >= 4 is 17.2 Å². The molecule has 0 bridgehead atoms. The minimum atomic E-state index is -0.166. The number of aromatic nitrogens is 1. The van der Waals surface area contributed by atoms with Crippen LogP contribution in [0.15, 0.2) is 29.6 Å². The van der Waals surface area contributed by atoms with E-state index in [-0.39, 0.29) is 11.4 Å². The molecule has 3 rings (SSSR count). The number of methoxy groups -OCH3 is 1. The van der Waals surface area contributed by atoms with Crippen molar-refractivity contribution in [2.75, 3.05) is 20.2 Å². The Bertz CT molecular complexity index is 727. The van der Waals surface area contributed by atoms with Gasteiger partial charge in [0.15, 0.2) is 0 Å². The first-order chi connectivity index (χ1) is 11.5. The summed E-state index contributed by atoms with van der Waals surface area (Å²) in [4.78, 5) is 18.9. The first-order valence-electron chi connectivity index (χ1n) is 8.08. The Morgan fingerprint density at radius 2 is 2.25 bits per heavy atom. The Morgan fingerprint density at radius 1 is 1.42 bits per heavy atom. The number of carbonyl (C=O) groups excluding carboxylic acids is 1. The second-order valence-electron chi connectivity index (χ2n) is 6.64. The third-order valence-corrected chi connectivity index (χ3v) is 5.31. The van der Waals surface area contributed by atoms with Crippen LogP contribution in [0.5, 0.6) is 5.75 Å². The molecule has 0 unspecified atom stereocenters. The van der Waals surface area contributed by atoms with Crippen LogP contribution in [0, 0.1) is 0 Å². The van der Waals surface area contributed by atoms with Crippen molar-refractivity contribution in [2.24, 2.45) is 0 Å². The van der Waals surface area contributed by atoms with Crippen LogP contribution in [0.2, 0.25) is 0 Å². The third kappa shape index (κ3) is 3.76. The summed E-state index contributed by atoms with van der Waals surface area (Å²) in [5.41, 5.74) is 1.94. The zero-order valence-electron chi connectivity index (χ0n) is 14.3. The summed E-state index contributed by atoms with van der Waals surface area (Å²) in [5.74, 6) is 0.959. The molecule has 0 saturated carbocycles. The Kier molecular flexibility index (Phi) is 4.87. The molecule has 6 heteroatoms. The highest BCUT2D eigenvalue weighted by Crippen LogP contribution is 2.29. The third-order valence-electron chi connectivity index (χ3n) is 4.37. The van der Waals surface area contributed by atoms with Crippen molar-refractivity contribution < 1.29 is 9.53 Å². The quantitative estimate of drug-likeness (QED) is 0.926. The number of hydrogen-bond acceptors (Lipinski definition) is 5. The number of carbonyl (C=O) groups is 1. The van der Waals surface area contributed by atoms with Gasteiger partial charge in [-0.1, -0.05) is 12.1 Å². The zero-order chi connectivity index (χ0) is 17.2. The lowest BCUT2D eigenvalue weighted by Crippen LogP contribution is -2.44. The molecule has 0 aliphatic carbocycles. The van der Waals surface area contributed by atoms with Gasteiger partial charge in [0.25, 0.3) is 0 Å². The molecule has 5 nitrogen and oxygen atoms in total. The minimum absolute atomic E-state index is 0.123. The molecule has 2 heterocycles. The van der Waals surface area contributed by atoms with E-state index in [2.05, 4.69) is 29.4 Å². The average molecular weight is 345 g/mol. The predicted octanol–water partition coefficient (Wildman–Crippen LogP) is 2.92. The van der Waals surface area contributed by atoms with Crippen LogP contribution in [0.1, 0.15) is 26.0 Å². The van der Waals surface area contributed by atoms with Gasteiger partial charge >= 0.3 is 0 Å². The van der Waals surface area contributed by atoms with E-state index in [1.807, 2.05) is 24.3 Å². The van der Waals surface area contributed by atoms with Gasteiger partial charge in [0.05, 0.1) is 12.8 Å². The van der Waals surface area contributed by atoms with Crippen molar-refractivity contribution in [3.63, 3.8) is 0 Å². The molecular formula is C18H23N3O2S. The maximum Gasteiger partial charge on any atom is 0.221 e. The summed E-state index contributed by atoms with van der Waals surface area (Å²) in [6.45, 7) is 6.52. The minimum Gasteiger partial charge on any atom is -0.497 e. The number of benzene rings is 1. The number of hydrogen-bond donors (Lipinski definition) is 1. The van der Waals surface area contributed by atoms with Gasteiger partial charge in [-0.25, -0.2) is 4.98 Å². The molecule has 128 valence electrons. The Hall–Kier alpha value is -1.92. The van der Waals surface area contributed by atoms with Gasteiger partial charge in [0.2, 0.25) is 5.91 Å². The fraction of sp³-hybridized carbons (Fsp3) is 0.444. The summed E-state index contributed by atoms with van der Waals surface area (Å²) < 4.78 is 5.29. The van der Waals surface area contributed by atoms with Gasteiger partial charge in [0.1, 0.15) is 10.8 Å². The summed E-state index contributed by atoms with van der Waals surface area (Å²) >= 11 is 1.64. The van der Waals surface area contributed by atoms with E-state index >= 15 is 0 Å². The van der Waals surface area contributed by atoms with Gasteiger partial charge in [-0.05, 0) is 26.0 Å². The molecule has 24 heavy (non-hydrogen) atoms. The normalized spacial score (nSPS) is 18.0. The van der Waals surface area contributed by atoms with Crippen LogP contribution in [-0.4, -0.2) is 41.5 Å². The molecule has 1 fully saturated rings. The van der Waals surface area contributed by atoms with Crippen LogP contribution >= 0.6 is 11.3 Å². The van der Waals surface area contributed by atoms with Gasteiger partial charge in [-0.2, -0.15) is 0 Å². The van der Waals surface area contributed by atoms with Crippen molar-refractivity contribution in [2.45, 2.75) is 32.4 Å². The smallest absolute Gasteiger partial charge is 0.221 e. The van der Waals surface area contributed by atoms with Crippen molar-refractivity contribution in [3.8, 4) is 16.3 Å². The molecule has 1 aromatic carbocycles. The van der Waals surface area contributed by atoms with Crippen molar-refractivity contribution in [1.82, 2.24) is 15.2 Å². The van der Waals surface area contributed by atoms with Gasteiger partial charge in [0, 0.05) is 42.5 Å². The fourth-order valence-electron chi connectivity index (χ4n) is 2.96. The second kappa shape index (κ2) is 6.91. The number of nitrogens with one attached hydrogen (secondary N) is 1. The first kappa shape index (κ1) is 16.9. The van der Waals surface area contributed by atoms with E-state index in [0.29, 0.717) is 13.0 Å². The summed E-state index contributed by atoms with van der Waals surface area (Å²) in [6, 6.07) is 7.96. The number of amides is 1. The largest absolute Gasteiger partial charge is 0.497 e. The first-order valence-corrected chi connectivity index (χ1v) is 8.96. The predicted molar refractivity (Wildman–Crippen MR) is 96.2 cm³/mol. The molecule has 2 aromatic rings. The maximum absolute atomic E-state index is 11.8. The molecule has 0 radical (unpaired) electrons. The van der Waals surface area contributed by atoms with Crippen LogP contribution in [-0.2, 0) is 11.3 Å². The Morgan fingerprint density at radius 3 is 3.04 bits per heavy atom. The number of rotatable bonds is 4. The fourth-order valence-corrected chi connectivity index (χ4v) is 3.76. The van der Waals surface area contributed by atoms with Crippen LogP contribution in [0.25, 0.3) is 10.6 Å². The maximum atomic E-state index is 11.8. The van der Waals surface area contributed by atoms with E-state index in [1.54, 1.807) is 18.4 Å². The van der Waals surface area contributed by atoms with Crippen LogP contribution < -0.4 is 10.1 Å². The monoisotopic (exact) mass is 345 g/mol. The zero-order valence-corrected chi connectivity index (χ0v) is 15.2. The Balaban J connectivity index is 1.77. The second-order valence-corrected chi connectivity index (χ2v) is 7.49. The lowest BCUT2D eigenvalue weighted by Gasteiger charge is -2.35. The van der Waals surface area contributed by atoms with E-state index < -0.39 is 0 Å². The molecule has 1 saturated heterocycles. The summed E-state index contributed by atoms with van der Waals surface area (Å²) in [6.07, 6.45) is 0.514. The van der Waals surface area contributed by atoms with Crippen LogP contribution in [0.3, 0.4) is 0 Å². The molecule has 1 amide bonds. The molecule has 1 N–H and O–H groups in total. The molecule has 1 aliphatic rings. The highest BCUT2D eigenvalue weighted by atomic mass is 32.1. The summed E-state index contributed by atoms with van der Waals surface area (Å²) in [5, 5.41) is 6.04. The van der Waals surface area contributed by atoms with E-state index in [1.165, 1.54) is 0 Å². The average Bonchev–Trinajstić information content (AvgIpc) is 2.97. The topological polar surface area (TPSA) is 54.5 Å². The van der Waals surface area contributed by atoms with E-state index in [9.17, 15) is 4.79 Å². The van der Waals surface area contributed by atoms with E-state index in [4.69, 9.17) is 9.72 Å². The molecule has 1 aromatic heterocycles. The Labute approximate surface area is 146 Å². The van der Waals surface area contributed by atoms with Crippen molar-refractivity contribution in [3.05, 3.63) is 35.3 Å². The number of nitrogens with zero attached hydrogens (tertiary/aromatic N) is 2. The highest BCUT2D eigenvalue weighted by molar-refractivity contribution is 7.13. The number of ether oxygens (including phenoxy) is 1. The molecule has 0 atom stereocenters. The standard InChI is InChI=1S/C18H23N3O2S/c1-18(2)10-16(22)19-7-8-21(18)11-14-12-24-17(20-14)13-5-4-6-15(9-13)23-3/h4-6,9,12H,7-8,10-11H2,1-3H3,(H,19,22). The highest BCUT2D eigenvalue weighted by Gasteiger charge is 2.32. The molecular weight excluding hydrogens is 322 g/mol. The summed E-state index contributed by atoms with van der Waals surface area (Å²) in [7, 11) is 1.67. The number of thiazole rings is 1. The lowest BCUT2D eigenvalue weighted by atomic mass is 9.98. The van der Waals surface area contributed by atoms with Gasteiger partial charge in [-0.3, -0.25) is 9.69 Å². The van der Waals surface area contributed by atoms with E-state index in [0.717, 1.165) is 35.1 Å². The molecule has 0 spiro atoms. The van der Waals surface area contributed by atoms with Gasteiger partial charge < -0.3 is 10.1 Å².